The van der Waals surface area contributed by atoms with Crippen molar-refractivity contribution in [1.82, 2.24) is 5.32 Å². The minimum absolute atomic E-state index is 0.135. The molecule has 1 aromatic rings. The van der Waals surface area contributed by atoms with Crippen LogP contribution in [0.5, 0.6) is 0 Å². The van der Waals surface area contributed by atoms with E-state index in [0.717, 1.165) is 5.69 Å². The predicted octanol–water partition coefficient (Wildman–Crippen LogP) is 3.08. The van der Waals surface area contributed by atoms with Crippen molar-refractivity contribution >= 4 is 23.0 Å². The third-order valence-electron chi connectivity index (χ3n) is 2.68. The standard InChI is InChI=1S/C16H23N5O/c1-13(22)19-16-12-14(21(3)4)8-9-15(16)20-18-11-7-5-6-10-17-2/h5-10,12,17H,11H2,1-4H3,(H,19,22)/b7-5-,10-6-,20-18?. The van der Waals surface area contributed by atoms with Crippen LogP contribution in [-0.4, -0.2) is 33.6 Å². The Morgan fingerprint density at radius 2 is 2.09 bits per heavy atom. The van der Waals surface area contributed by atoms with Crippen molar-refractivity contribution in [3.05, 3.63) is 42.6 Å². The van der Waals surface area contributed by atoms with Gasteiger partial charge in [-0.3, -0.25) is 4.79 Å². The van der Waals surface area contributed by atoms with Crippen LogP contribution in [0.2, 0.25) is 0 Å². The van der Waals surface area contributed by atoms with Crippen molar-refractivity contribution < 1.29 is 4.79 Å². The van der Waals surface area contributed by atoms with Gasteiger partial charge in [0.15, 0.2) is 0 Å². The summed E-state index contributed by atoms with van der Waals surface area (Å²) in [6.07, 6.45) is 7.48. The normalized spacial score (nSPS) is 11.5. The topological polar surface area (TPSA) is 69.1 Å². The molecule has 0 fully saturated rings. The third kappa shape index (κ3) is 6.21. The van der Waals surface area contributed by atoms with E-state index in [-0.39, 0.29) is 5.91 Å². The maximum Gasteiger partial charge on any atom is 0.221 e. The van der Waals surface area contributed by atoms with E-state index in [9.17, 15) is 4.79 Å². The Balaban J connectivity index is 2.81. The summed E-state index contributed by atoms with van der Waals surface area (Å²) in [7, 11) is 5.72. The highest BCUT2D eigenvalue weighted by atomic mass is 16.1. The molecular weight excluding hydrogens is 278 g/mol. The predicted molar refractivity (Wildman–Crippen MR) is 91.8 cm³/mol. The Labute approximate surface area is 131 Å². The van der Waals surface area contributed by atoms with E-state index in [1.807, 2.05) is 68.7 Å². The van der Waals surface area contributed by atoms with Gasteiger partial charge in [-0.15, -0.1) is 0 Å². The van der Waals surface area contributed by atoms with Gasteiger partial charge in [0.05, 0.1) is 12.2 Å². The molecule has 0 radical (unpaired) electrons. The van der Waals surface area contributed by atoms with Crippen LogP contribution in [0.1, 0.15) is 6.92 Å². The van der Waals surface area contributed by atoms with Gasteiger partial charge in [-0.05, 0) is 30.5 Å². The number of hydrogen-bond donors (Lipinski definition) is 2. The molecule has 118 valence electrons. The van der Waals surface area contributed by atoms with E-state index in [0.29, 0.717) is 17.9 Å². The summed E-state index contributed by atoms with van der Waals surface area (Å²) in [4.78, 5) is 13.3. The summed E-state index contributed by atoms with van der Waals surface area (Å²) in [6, 6.07) is 5.65. The molecular formula is C16H23N5O. The molecule has 0 bridgehead atoms. The molecule has 22 heavy (non-hydrogen) atoms. The summed E-state index contributed by atoms with van der Waals surface area (Å²) in [5, 5.41) is 14.0. The highest BCUT2D eigenvalue weighted by Crippen LogP contribution is 2.29. The number of amides is 1. The molecule has 0 aliphatic carbocycles. The van der Waals surface area contributed by atoms with Crippen LogP contribution in [0, 0.1) is 0 Å². The van der Waals surface area contributed by atoms with Crippen LogP contribution in [-0.2, 0) is 4.79 Å². The Hall–Kier alpha value is -2.63. The number of azo groups is 1. The van der Waals surface area contributed by atoms with Gasteiger partial charge in [0.1, 0.15) is 5.69 Å². The number of rotatable bonds is 7. The molecule has 0 unspecified atom stereocenters. The summed E-state index contributed by atoms with van der Waals surface area (Å²) in [5.41, 5.74) is 2.28. The molecule has 1 aromatic carbocycles. The molecule has 1 amide bonds. The lowest BCUT2D eigenvalue weighted by molar-refractivity contribution is -0.114. The van der Waals surface area contributed by atoms with Gasteiger partial charge in [-0.25, -0.2) is 0 Å². The highest BCUT2D eigenvalue weighted by Gasteiger charge is 2.06. The molecule has 0 spiro atoms. The number of benzene rings is 1. The number of anilines is 2. The van der Waals surface area contributed by atoms with E-state index in [1.54, 1.807) is 0 Å². The van der Waals surface area contributed by atoms with Crippen LogP contribution in [0.15, 0.2) is 52.9 Å². The number of carbonyl (C=O) groups is 1. The minimum Gasteiger partial charge on any atom is -0.394 e. The van der Waals surface area contributed by atoms with Crippen LogP contribution < -0.4 is 15.5 Å². The smallest absolute Gasteiger partial charge is 0.221 e. The first-order valence-corrected chi connectivity index (χ1v) is 7.00. The van der Waals surface area contributed by atoms with Crippen molar-refractivity contribution in [2.45, 2.75) is 6.92 Å². The van der Waals surface area contributed by atoms with Gasteiger partial charge in [-0.2, -0.15) is 10.2 Å². The van der Waals surface area contributed by atoms with Crippen LogP contribution in [0.3, 0.4) is 0 Å². The van der Waals surface area contributed by atoms with Crippen molar-refractivity contribution in [3.63, 3.8) is 0 Å². The second-order valence-corrected chi connectivity index (χ2v) is 4.78. The molecule has 0 saturated carbocycles. The fraction of sp³-hybridized carbons (Fsp3) is 0.312. The summed E-state index contributed by atoms with van der Waals surface area (Å²) >= 11 is 0. The molecule has 0 aliphatic heterocycles. The van der Waals surface area contributed by atoms with E-state index < -0.39 is 0 Å². The SMILES string of the molecule is CN/C=C\C=C/CN=Nc1ccc(N(C)C)cc1NC(C)=O. The second-order valence-electron chi connectivity index (χ2n) is 4.78. The fourth-order valence-corrected chi connectivity index (χ4v) is 1.63. The Bertz CT molecular complexity index is 576. The first-order valence-electron chi connectivity index (χ1n) is 7.00. The maximum atomic E-state index is 11.3. The van der Waals surface area contributed by atoms with Crippen molar-refractivity contribution in [2.75, 3.05) is 37.9 Å². The summed E-state index contributed by atoms with van der Waals surface area (Å²) in [6.45, 7) is 1.95. The number of nitrogens with zero attached hydrogens (tertiary/aromatic N) is 3. The molecule has 6 heteroatoms. The highest BCUT2D eigenvalue weighted by molar-refractivity contribution is 5.92. The van der Waals surface area contributed by atoms with E-state index in [4.69, 9.17) is 0 Å². The van der Waals surface area contributed by atoms with E-state index >= 15 is 0 Å². The summed E-state index contributed by atoms with van der Waals surface area (Å²) in [5.74, 6) is -0.135. The van der Waals surface area contributed by atoms with Crippen molar-refractivity contribution in [3.8, 4) is 0 Å². The summed E-state index contributed by atoms with van der Waals surface area (Å²) < 4.78 is 0. The van der Waals surface area contributed by atoms with Gasteiger partial charge in [0, 0.05) is 33.8 Å². The molecule has 0 saturated heterocycles. The molecule has 2 N–H and O–H groups in total. The molecule has 6 nitrogen and oxygen atoms in total. The van der Waals surface area contributed by atoms with Crippen LogP contribution in [0.4, 0.5) is 17.1 Å². The third-order valence-corrected chi connectivity index (χ3v) is 2.68. The lowest BCUT2D eigenvalue weighted by atomic mass is 10.2. The fourth-order valence-electron chi connectivity index (χ4n) is 1.63. The molecule has 0 aliphatic rings. The average molecular weight is 301 g/mol. The number of allylic oxidation sites excluding steroid dienone is 2. The zero-order valence-corrected chi connectivity index (χ0v) is 13.5. The van der Waals surface area contributed by atoms with Crippen LogP contribution >= 0.6 is 0 Å². The zero-order chi connectivity index (χ0) is 16.4. The lowest BCUT2D eigenvalue weighted by Crippen LogP contribution is -2.10. The number of nitrogens with one attached hydrogen (secondary N) is 2. The first kappa shape index (κ1) is 17.4. The molecule has 1 rings (SSSR count). The number of hydrogen-bond acceptors (Lipinski definition) is 5. The monoisotopic (exact) mass is 301 g/mol. The zero-order valence-electron chi connectivity index (χ0n) is 13.5. The Morgan fingerprint density at radius 1 is 1.32 bits per heavy atom. The molecule has 0 heterocycles. The Morgan fingerprint density at radius 3 is 2.73 bits per heavy atom. The van der Waals surface area contributed by atoms with E-state index in [2.05, 4.69) is 20.9 Å². The van der Waals surface area contributed by atoms with Crippen molar-refractivity contribution in [1.29, 1.82) is 0 Å². The largest absolute Gasteiger partial charge is 0.394 e. The maximum absolute atomic E-state index is 11.3. The first-order chi connectivity index (χ1) is 10.5. The van der Waals surface area contributed by atoms with Gasteiger partial charge >= 0.3 is 0 Å². The van der Waals surface area contributed by atoms with Crippen molar-refractivity contribution in [2.24, 2.45) is 10.2 Å². The Kier molecular flexibility index (Phi) is 7.39. The van der Waals surface area contributed by atoms with E-state index in [1.165, 1.54) is 6.92 Å². The van der Waals surface area contributed by atoms with Gasteiger partial charge in [-0.1, -0.05) is 12.2 Å². The second kappa shape index (κ2) is 9.33. The number of carbonyl (C=O) groups excluding carboxylic acids is 1. The molecule has 0 atom stereocenters. The molecule has 0 aromatic heterocycles. The van der Waals surface area contributed by atoms with Crippen LogP contribution in [0.25, 0.3) is 0 Å². The van der Waals surface area contributed by atoms with Gasteiger partial charge in [0.25, 0.3) is 0 Å². The minimum atomic E-state index is -0.135. The quantitative estimate of drug-likeness (QED) is 0.600. The van der Waals surface area contributed by atoms with Gasteiger partial charge < -0.3 is 15.5 Å². The van der Waals surface area contributed by atoms with Gasteiger partial charge in [0.2, 0.25) is 5.91 Å². The average Bonchev–Trinajstić information content (AvgIpc) is 2.46. The lowest BCUT2D eigenvalue weighted by Gasteiger charge is -2.15.